The minimum atomic E-state index is -0.518. The molecule has 0 radical (unpaired) electrons. The molecule has 1 fully saturated rings. The topological polar surface area (TPSA) is 61.3 Å². The number of benzene rings is 1. The van der Waals surface area contributed by atoms with E-state index in [0.29, 0.717) is 23.2 Å². The Labute approximate surface area is 127 Å². The average molecular weight is 311 g/mol. The molecule has 0 unspecified atom stereocenters. The molecule has 0 amide bonds. The van der Waals surface area contributed by atoms with E-state index in [1.165, 1.54) is 6.07 Å². The lowest BCUT2D eigenvalue weighted by Crippen LogP contribution is -2.41. The molecule has 1 aliphatic carbocycles. The Morgan fingerprint density at radius 2 is 2.24 bits per heavy atom. The number of methoxy groups -OCH3 is 1. The molecule has 0 atom stereocenters. The Bertz CT molecular complexity index is 662. The molecule has 1 aliphatic rings. The first-order valence-corrected chi connectivity index (χ1v) is 7.18. The van der Waals surface area contributed by atoms with Gasteiger partial charge in [-0.3, -0.25) is 0 Å². The zero-order valence-electron chi connectivity index (χ0n) is 11.7. The van der Waals surface area contributed by atoms with Crippen LogP contribution in [0.4, 0.5) is 10.3 Å². The first-order chi connectivity index (χ1) is 10.1. The summed E-state index contributed by atoms with van der Waals surface area (Å²) in [4.78, 5) is 0. The van der Waals surface area contributed by atoms with Crippen LogP contribution < -0.4 is 5.73 Å². The van der Waals surface area contributed by atoms with Crippen molar-refractivity contribution in [2.45, 2.75) is 31.3 Å². The van der Waals surface area contributed by atoms with Crippen molar-refractivity contribution in [3.05, 3.63) is 34.7 Å². The second-order valence-electron chi connectivity index (χ2n) is 5.39. The lowest BCUT2D eigenvalue weighted by Gasteiger charge is -2.40. The maximum Gasteiger partial charge on any atom is 0.230 e. The summed E-state index contributed by atoms with van der Waals surface area (Å²) in [5.41, 5.74) is 6.97. The number of halogens is 2. The van der Waals surface area contributed by atoms with Gasteiger partial charge in [0, 0.05) is 19.1 Å². The molecule has 2 aromatic rings. The van der Waals surface area contributed by atoms with E-state index in [4.69, 9.17) is 26.6 Å². The predicted molar refractivity (Wildman–Crippen MR) is 78.6 cm³/mol. The van der Waals surface area contributed by atoms with Crippen LogP contribution in [0, 0.1) is 5.82 Å². The van der Waals surface area contributed by atoms with Gasteiger partial charge in [0.15, 0.2) is 0 Å². The molecular weight excluding hydrogens is 295 g/mol. The van der Waals surface area contributed by atoms with E-state index in [9.17, 15) is 4.39 Å². The highest BCUT2D eigenvalue weighted by Gasteiger charge is 2.39. The third-order valence-corrected chi connectivity index (χ3v) is 4.49. The summed E-state index contributed by atoms with van der Waals surface area (Å²) in [6.07, 6.45) is 3.56. The smallest absolute Gasteiger partial charge is 0.230 e. The normalized spacial score (nSPS) is 16.7. The van der Waals surface area contributed by atoms with Crippen LogP contribution in [0.1, 0.15) is 25.0 Å². The summed E-state index contributed by atoms with van der Waals surface area (Å²) in [6, 6.07) is 4.78. The lowest BCUT2D eigenvalue weighted by molar-refractivity contribution is -0.0717. The largest absolute Gasteiger partial charge is 0.378 e. The van der Waals surface area contributed by atoms with Gasteiger partial charge in [-0.05, 0) is 25.3 Å². The van der Waals surface area contributed by atoms with Gasteiger partial charge in [0.25, 0.3) is 0 Å². The van der Waals surface area contributed by atoms with Crippen LogP contribution in [-0.2, 0) is 11.2 Å². The number of nitrogens with zero attached hydrogens (tertiary/aromatic N) is 1. The van der Waals surface area contributed by atoms with Crippen molar-refractivity contribution in [1.29, 1.82) is 0 Å². The maximum atomic E-state index is 14.2. The van der Waals surface area contributed by atoms with Crippen LogP contribution in [0.3, 0.4) is 0 Å². The zero-order valence-corrected chi connectivity index (χ0v) is 12.4. The van der Waals surface area contributed by atoms with Crippen molar-refractivity contribution in [1.82, 2.24) is 5.16 Å². The fourth-order valence-corrected chi connectivity index (χ4v) is 2.95. The van der Waals surface area contributed by atoms with Crippen molar-refractivity contribution in [3.8, 4) is 11.1 Å². The first kappa shape index (κ1) is 14.4. The van der Waals surface area contributed by atoms with Gasteiger partial charge in [0.05, 0.1) is 21.9 Å². The van der Waals surface area contributed by atoms with Crippen LogP contribution in [0.5, 0.6) is 0 Å². The molecule has 112 valence electrons. The quantitative estimate of drug-likeness (QED) is 0.932. The molecular formula is C15H16ClFN2O2. The third kappa shape index (κ3) is 2.40. The van der Waals surface area contributed by atoms with Gasteiger partial charge >= 0.3 is 0 Å². The van der Waals surface area contributed by atoms with Crippen LogP contribution in [-0.4, -0.2) is 17.9 Å². The summed E-state index contributed by atoms with van der Waals surface area (Å²) in [7, 11) is 1.68. The molecule has 0 spiro atoms. The third-order valence-electron chi connectivity index (χ3n) is 4.20. The molecule has 1 saturated carbocycles. The number of rotatable bonds is 4. The van der Waals surface area contributed by atoms with E-state index in [1.807, 2.05) is 0 Å². The molecule has 0 bridgehead atoms. The molecule has 4 nitrogen and oxygen atoms in total. The Hall–Kier alpha value is -1.59. The molecule has 1 heterocycles. The van der Waals surface area contributed by atoms with Crippen molar-refractivity contribution >= 4 is 17.5 Å². The van der Waals surface area contributed by atoms with Crippen LogP contribution in [0.25, 0.3) is 11.1 Å². The number of nitrogens with two attached hydrogens (primary N) is 1. The number of anilines is 1. The van der Waals surface area contributed by atoms with Crippen LogP contribution in [0.15, 0.2) is 22.7 Å². The molecule has 21 heavy (non-hydrogen) atoms. The standard InChI is InChI=1S/C15H16ClFN2O2/c1-20-15(6-3-7-15)8-11-12(14(18)21-19-11)9-4-2-5-10(16)13(9)17/h2,4-5H,3,6-8,18H2,1H3. The summed E-state index contributed by atoms with van der Waals surface area (Å²) in [5, 5.41) is 4.03. The zero-order chi connectivity index (χ0) is 15.0. The minimum Gasteiger partial charge on any atom is -0.378 e. The first-order valence-electron chi connectivity index (χ1n) is 6.80. The molecule has 0 aliphatic heterocycles. The Kier molecular flexibility index (Phi) is 3.63. The fourth-order valence-electron chi connectivity index (χ4n) is 2.77. The predicted octanol–water partition coefficient (Wildman–Crippen LogP) is 3.83. The van der Waals surface area contributed by atoms with Gasteiger partial charge in [0.2, 0.25) is 5.88 Å². The van der Waals surface area contributed by atoms with E-state index in [2.05, 4.69) is 5.16 Å². The highest BCUT2D eigenvalue weighted by Crippen LogP contribution is 2.41. The van der Waals surface area contributed by atoms with E-state index in [0.717, 1.165) is 19.3 Å². The number of hydrogen-bond donors (Lipinski definition) is 1. The Morgan fingerprint density at radius 1 is 1.48 bits per heavy atom. The van der Waals surface area contributed by atoms with Crippen molar-refractivity contribution < 1.29 is 13.7 Å². The van der Waals surface area contributed by atoms with Gasteiger partial charge in [-0.2, -0.15) is 0 Å². The maximum absolute atomic E-state index is 14.2. The number of ether oxygens (including phenoxy) is 1. The molecule has 2 N–H and O–H groups in total. The van der Waals surface area contributed by atoms with Crippen molar-refractivity contribution in [2.75, 3.05) is 12.8 Å². The van der Waals surface area contributed by atoms with Crippen LogP contribution in [0.2, 0.25) is 5.02 Å². The van der Waals surface area contributed by atoms with E-state index in [1.54, 1.807) is 19.2 Å². The average Bonchev–Trinajstić information content (AvgIpc) is 2.78. The molecule has 0 saturated heterocycles. The molecule has 1 aromatic heterocycles. The lowest BCUT2D eigenvalue weighted by atomic mass is 9.76. The number of hydrogen-bond acceptors (Lipinski definition) is 4. The summed E-state index contributed by atoms with van der Waals surface area (Å²) < 4.78 is 24.9. The highest BCUT2D eigenvalue weighted by molar-refractivity contribution is 6.31. The van der Waals surface area contributed by atoms with Gasteiger partial charge in [-0.15, -0.1) is 0 Å². The molecule has 6 heteroatoms. The SMILES string of the molecule is COC1(Cc2noc(N)c2-c2cccc(Cl)c2F)CCC1. The second kappa shape index (κ2) is 5.31. The van der Waals surface area contributed by atoms with E-state index < -0.39 is 5.82 Å². The van der Waals surface area contributed by atoms with Gasteiger partial charge in [-0.25, -0.2) is 4.39 Å². The monoisotopic (exact) mass is 310 g/mol. The summed E-state index contributed by atoms with van der Waals surface area (Å²) >= 11 is 5.84. The van der Waals surface area contributed by atoms with E-state index in [-0.39, 0.29) is 16.5 Å². The van der Waals surface area contributed by atoms with E-state index >= 15 is 0 Å². The fraction of sp³-hybridized carbons (Fsp3) is 0.400. The second-order valence-corrected chi connectivity index (χ2v) is 5.79. The minimum absolute atomic E-state index is 0.0455. The number of aromatic nitrogens is 1. The van der Waals surface area contributed by atoms with Crippen molar-refractivity contribution in [3.63, 3.8) is 0 Å². The van der Waals surface area contributed by atoms with Crippen molar-refractivity contribution in [2.24, 2.45) is 0 Å². The Balaban J connectivity index is 2.03. The summed E-state index contributed by atoms with van der Waals surface area (Å²) in [6.45, 7) is 0. The summed E-state index contributed by atoms with van der Waals surface area (Å²) in [5.74, 6) is -0.424. The van der Waals surface area contributed by atoms with Crippen LogP contribution >= 0.6 is 11.6 Å². The Morgan fingerprint density at radius 3 is 2.86 bits per heavy atom. The molecule has 3 rings (SSSR count). The van der Waals surface area contributed by atoms with Gasteiger partial charge < -0.3 is 15.0 Å². The van der Waals surface area contributed by atoms with Gasteiger partial charge in [0.1, 0.15) is 5.82 Å². The molecule has 1 aromatic carbocycles. The van der Waals surface area contributed by atoms with Gasteiger partial charge in [-0.1, -0.05) is 28.9 Å². The number of nitrogen functional groups attached to an aromatic ring is 1. The highest BCUT2D eigenvalue weighted by atomic mass is 35.5.